The lowest BCUT2D eigenvalue weighted by Gasteiger charge is -1.96. The highest BCUT2D eigenvalue weighted by Gasteiger charge is 2.05. The Balaban J connectivity index is 2.29. The topological polar surface area (TPSA) is 22.1 Å². The number of rotatable bonds is 4. The predicted molar refractivity (Wildman–Crippen MR) is 70.2 cm³/mol. The lowest BCUT2D eigenvalue weighted by atomic mass is 10.3. The lowest BCUT2D eigenvalue weighted by Crippen LogP contribution is -1.80. The summed E-state index contributed by atoms with van der Waals surface area (Å²) in [6, 6.07) is 6.01. The minimum absolute atomic E-state index is 0.868. The molecule has 0 aliphatic carbocycles. The minimum Gasteiger partial charge on any atom is -0.497 e. The van der Waals surface area contributed by atoms with Gasteiger partial charge in [-0.15, -0.1) is 11.3 Å². The predicted octanol–water partition coefficient (Wildman–Crippen LogP) is 4.07. The molecule has 2 rings (SSSR count). The molecule has 0 saturated carbocycles. The van der Waals surface area contributed by atoms with Crippen molar-refractivity contribution in [3.8, 4) is 5.75 Å². The van der Waals surface area contributed by atoms with Crippen LogP contribution in [-0.4, -0.2) is 17.8 Å². The Hall–Kier alpha value is -0.390. The van der Waals surface area contributed by atoms with Crippen molar-refractivity contribution in [2.75, 3.05) is 12.9 Å². The zero-order valence-electron chi connectivity index (χ0n) is 8.52. The molecule has 15 heavy (non-hydrogen) atoms. The smallest absolute Gasteiger partial charge is 0.161 e. The number of methoxy groups -OCH3 is 1. The van der Waals surface area contributed by atoms with E-state index in [2.05, 4.69) is 18.0 Å². The largest absolute Gasteiger partial charge is 0.497 e. The minimum atomic E-state index is 0.868. The molecule has 0 aliphatic heterocycles. The van der Waals surface area contributed by atoms with Gasteiger partial charge in [-0.25, -0.2) is 4.98 Å². The molecule has 0 N–H and O–H groups in total. The van der Waals surface area contributed by atoms with Gasteiger partial charge in [0, 0.05) is 11.8 Å². The first kappa shape index (κ1) is 11.1. The van der Waals surface area contributed by atoms with Crippen LogP contribution >= 0.6 is 32.9 Å². The molecule has 0 radical (unpaired) electrons. The molecule has 0 amide bonds. The Morgan fingerprint density at radius 2 is 2.33 bits per heavy atom. The van der Waals surface area contributed by atoms with Crippen LogP contribution in [0.1, 0.15) is 6.92 Å². The van der Waals surface area contributed by atoms with E-state index in [-0.39, 0.29) is 0 Å². The van der Waals surface area contributed by atoms with E-state index in [9.17, 15) is 0 Å². The van der Waals surface area contributed by atoms with E-state index < -0.39 is 0 Å². The van der Waals surface area contributed by atoms with E-state index in [1.54, 1.807) is 29.2 Å². The third-order valence-corrected chi connectivity index (χ3v) is 5.59. The van der Waals surface area contributed by atoms with Crippen LogP contribution in [0.3, 0.4) is 0 Å². The Kier molecular flexibility index (Phi) is 3.77. The van der Waals surface area contributed by atoms with Gasteiger partial charge in [0.15, 0.2) is 4.34 Å². The molecule has 0 atom stereocenters. The van der Waals surface area contributed by atoms with Crippen LogP contribution in [0.2, 0.25) is 0 Å². The maximum Gasteiger partial charge on any atom is 0.161 e. The fourth-order valence-electron chi connectivity index (χ4n) is 1.16. The van der Waals surface area contributed by atoms with Crippen molar-refractivity contribution in [1.29, 1.82) is 0 Å². The second-order valence-electron chi connectivity index (χ2n) is 2.80. The van der Waals surface area contributed by atoms with Crippen LogP contribution in [-0.2, 0) is 0 Å². The number of hydrogen-bond donors (Lipinski definition) is 0. The fourth-order valence-corrected chi connectivity index (χ4v) is 4.10. The molecule has 1 aromatic carbocycles. The Morgan fingerprint density at radius 1 is 1.47 bits per heavy atom. The zero-order valence-corrected chi connectivity index (χ0v) is 11.0. The third kappa shape index (κ3) is 2.59. The molecule has 0 saturated heterocycles. The fraction of sp³-hybridized carbons (Fsp3) is 0.300. The normalized spacial score (nSPS) is 10.8. The van der Waals surface area contributed by atoms with Gasteiger partial charge in [-0.05, 0) is 22.9 Å². The summed E-state index contributed by atoms with van der Waals surface area (Å²) >= 11 is 1.73. The molecule has 0 fully saturated rings. The lowest BCUT2D eigenvalue weighted by molar-refractivity contribution is 0.415. The Labute approximate surface area is 101 Å². The van der Waals surface area contributed by atoms with Crippen LogP contribution in [0.4, 0.5) is 0 Å². The average molecular weight is 257 g/mol. The number of aromatic nitrogens is 1. The summed E-state index contributed by atoms with van der Waals surface area (Å²) in [7, 11) is 5.24. The maximum atomic E-state index is 5.17. The van der Waals surface area contributed by atoms with Crippen LogP contribution < -0.4 is 4.74 Å². The highest BCUT2D eigenvalue weighted by Crippen LogP contribution is 2.37. The van der Waals surface area contributed by atoms with Crippen LogP contribution in [0.5, 0.6) is 5.75 Å². The number of thiazole rings is 1. The first-order valence-electron chi connectivity index (χ1n) is 4.57. The molecule has 1 aromatic heterocycles. The van der Waals surface area contributed by atoms with Gasteiger partial charge in [-0.3, -0.25) is 0 Å². The summed E-state index contributed by atoms with van der Waals surface area (Å²) in [6.07, 6.45) is 0. The van der Waals surface area contributed by atoms with E-state index in [1.165, 1.54) is 4.70 Å². The molecule has 2 nitrogen and oxygen atoms in total. The van der Waals surface area contributed by atoms with Crippen molar-refractivity contribution in [2.45, 2.75) is 11.3 Å². The first-order valence-corrected chi connectivity index (χ1v) is 7.71. The van der Waals surface area contributed by atoms with Gasteiger partial charge in [-0.1, -0.05) is 17.7 Å². The van der Waals surface area contributed by atoms with Crippen molar-refractivity contribution in [3.05, 3.63) is 18.2 Å². The number of hydrogen-bond acceptors (Lipinski definition) is 5. The van der Waals surface area contributed by atoms with Gasteiger partial charge in [0.25, 0.3) is 0 Å². The number of nitrogens with zero attached hydrogens (tertiary/aromatic N) is 1. The van der Waals surface area contributed by atoms with Crippen molar-refractivity contribution >= 4 is 43.1 Å². The molecule has 2 aromatic rings. The number of fused-ring (bicyclic) bond motifs is 1. The van der Waals surface area contributed by atoms with E-state index in [1.807, 2.05) is 22.9 Å². The van der Waals surface area contributed by atoms with Crippen molar-refractivity contribution in [3.63, 3.8) is 0 Å². The molecular formula is C10H11NOS3. The molecular weight excluding hydrogens is 246 g/mol. The molecule has 0 spiro atoms. The van der Waals surface area contributed by atoms with Gasteiger partial charge in [0.1, 0.15) is 5.75 Å². The summed E-state index contributed by atoms with van der Waals surface area (Å²) in [5, 5.41) is 0. The summed E-state index contributed by atoms with van der Waals surface area (Å²) in [5.74, 6) is 1.97. The molecule has 0 unspecified atom stereocenters. The van der Waals surface area contributed by atoms with E-state index >= 15 is 0 Å². The second-order valence-corrected chi connectivity index (χ2v) is 6.67. The van der Waals surface area contributed by atoms with E-state index in [4.69, 9.17) is 4.74 Å². The van der Waals surface area contributed by atoms with E-state index in [0.29, 0.717) is 0 Å². The van der Waals surface area contributed by atoms with Crippen molar-refractivity contribution < 1.29 is 4.74 Å². The van der Waals surface area contributed by atoms with Gasteiger partial charge in [0.2, 0.25) is 0 Å². The molecule has 1 heterocycles. The Bertz CT molecular complexity index is 455. The summed E-state index contributed by atoms with van der Waals surface area (Å²) in [6.45, 7) is 2.15. The quantitative estimate of drug-likeness (QED) is 0.770. The highest BCUT2D eigenvalue weighted by atomic mass is 33.1. The highest BCUT2D eigenvalue weighted by molar-refractivity contribution is 8.77. The van der Waals surface area contributed by atoms with Crippen molar-refractivity contribution in [2.24, 2.45) is 0 Å². The maximum absolute atomic E-state index is 5.17. The summed E-state index contributed by atoms with van der Waals surface area (Å²) < 4.78 is 7.50. The van der Waals surface area contributed by atoms with Gasteiger partial charge >= 0.3 is 0 Å². The third-order valence-electron chi connectivity index (χ3n) is 1.82. The summed E-state index contributed by atoms with van der Waals surface area (Å²) in [4.78, 5) is 4.54. The van der Waals surface area contributed by atoms with Gasteiger partial charge < -0.3 is 4.74 Å². The van der Waals surface area contributed by atoms with Gasteiger partial charge in [0.05, 0.1) is 17.3 Å². The molecule has 80 valence electrons. The zero-order chi connectivity index (χ0) is 10.7. The molecule has 5 heteroatoms. The summed E-state index contributed by atoms with van der Waals surface area (Å²) in [5.41, 5.74) is 1.03. The number of benzene rings is 1. The van der Waals surface area contributed by atoms with E-state index in [0.717, 1.165) is 21.4 Å². The van der Waals surface area contributed by atoms with Gasteiger partial charge in [-0.2, -0.15) is 0 Å². The standard InChI is InChI=1S/C10H11NOS3/c1-3-13-15-10-11-8-6-7(12-2)4-5-9(8)14-10/h4-6H,3H2,1-2H3. The monoisotopic (exact) mass is 257 g/mol. The SMILES string of the molecule is CCSSc1nc2cc(OC)ccc2s1. The van der Waals surface area contributed by atoms with Crippen LogP contribution in [0, 0.1) is 0 Å². The average Bonchev–Trinajstić information content (AvgIpc) is 2.67. The van der Waals surface area contributed by atoms with Crippen molar-refractivity contribution in [1.82, 2.24) is 4.98 Å². The molecule has 0 aliphatic rings. The number of ether oxygens (including phenoxy) is 1. The second kappa shape index (κ2) is 5.09. The molecule has 0 bridgehead atoms. The van der Waals surface area contributed by atoms with Crippen LogP contribution in [0.25, 0.3) is 10.2 Å². The van der Waals surface area contributed by atoms with Crippen LogP contribution in [0.15, 0.2) is 22.5 Å². The first-order chi connectivity index (χ1) is 7.33. The Morgan fingerprint density at radius 3 is 3.07 bits per heavy atom.